The largest absolute Gasteiger partial charge is 0.461 e. The Morgan fingerprint density at radius 2 is 2.00 bits per heavy atom. The van der Waals surface area contributed by atoms with Crippen molar-refractivity contribution in [3.05, 3.63) is 71.5 Å². The topological polar surface area (TPSA) is 64.4 Å². The third kappa shape index (κ3) is 4.40. The van der Waals surface area contributed by atoms with Gasteiger partial charge in [-0.15, -0.1) is 0 Å². The van der Waals surface area contributed by atoms with E-state index < -0.39 is 11.8 Å². The Morgan fingerprint density at radius 3 is 2.70 bits per heavy atom. The molecule has 33 heavy (non-hydrogen) atoms. The number of anilines is 2. The van der Waals surface area contributed by atoms with Crippen molar-refractivity contribution in [2.45, 2.75) is 58.9 Å². The lowest BCUT2D eigenvalue weighted by Crippen LogP contribution is -2.33. The lowest BCUT2D eigenvalue weighted by atomic mass is 9.85. The highest BCUT2D eigenvalue weighted by Gasteiger charge is 2.44. The standard InChI is InChI=1S/C26H28FN3O3/c1-5-29-16-18(15-28-29)9-12-24(31)19-10-11-23-22(13-19)26(3,4)25(32)30(23)20-7-6-8-21(14-20)33-17(2)27/h6-8,10-11,13-17H,5,9,12H2,1-4H3. The molecule has 1 aliphatic heterocycles. The molecular weight excluding hydrogens is 421 g/mol. The molecule has 1 aliphatic rings. The molecule has 0 bridgehead atoms. The van der Waals surface area contributed by atoms with Gasteiger partial charge in [0.15, 0.2) is 5.78 Å². The Hall–Kier alpha value is -3.48. The molecule has 0 aliphatic carbocycles. The SMILES string of the molecule is CCn1cc(CCC(=O)c2ccc3c(c2)C(C)(C)C(=O)N3c2cccc(OC(C)F)c2)cn1. The monoisotopic (exact) mass is 449 g/mol. The number of Topliss-reactive ketones (excluding diaryl/α,β-unsaturated/α-hetero) is 1. The number of aryl methyl sites for hydroxylation is 2. The number of halogens is 1. The van der Waals surface area contributed by atoms with Gasteiger partial charge in [0.05, 0.1) is 23.0 Å². The van der Waals surface area contributed by atoms with Crippen molar-refractivity contribution in [3.8, 4) is 5.75 Å². The van der Waals surface area contributed by atoms with Gasteiger partial charge < -0.3 is 4.74 Å². The summed E-state index contributed by atoms with van der Waals surface area (Å²) in [4.78, 5) is 27.9. The summed E-state index contributed by atoms with van der Waals surface area (Å²) >= 11 is 0. The third-order valence-corrected chi connectivity index (χ3v) is 6.00. The van der Waals surface area contributed by atoms with Gasteiger partial charge in [0, 0.05) is 37.7 Å². The summed E-state index contributed by atoms with van der Waals surface area (Å²) in [5.41, 5.74) is 2.91. The predicted molar refractivity (Wildman–Crippen MR) is 125 cm³/mol. The molecule has 0 fully saturated rings. The van der Waals surface area contributed by atoms with E-state index in [1.807, 2.05) is 43.8 Å². The van der Waals surface area contributed by atoms with Crippen molar-refractivity contribution < 1.29 is 18.7 Å². The quantitative estimate of drug-likeness (QED) is 0.434. The molecule has 172 valence electrons. The zero-order valence-corrected chi connectivity index (χ0v) is 19.3. The maximum atomic E-state index is 13.4. The number of carbonyl (C=O) groups excluding carboxylic acids is 2. The highest BCUT2D eigenvalue weighted by atomic mass is 19.1. The maximum Gasteiger partial charge on any atom is 0.241 e. The van der Waals surface area contributed by atoms with Crippen molar-refractivity contribution in [1.82, 2.24) is 9.78 Å². The number of benzene rings is 2. The molecule has 0 N–H and O–H groups in total. The zero-order chi connectivity index (χ0) is 23.8. The second kappa shape index (κ2) is 8.81. The van der Waals surface area contributed by atoms with Crippen LogP contribution in [-0.2, 0) is 23.2 Å². The van der Waals surface area contributed by atoms with Gasteiger partial charge in [0.1, 0.15) is 5.75 Å². The summed E-state index contributed by atoms with van der Waals surface area (Å²) in [6.07, 6.45) is 3.28. The second-order valence-electron chi connectivity index (χ2n) is 8.78. The van der Waals surface area contributed by atoms with E-state index in [-0.39, 0.29) is 11.7 Å². The molecule has 0 saturated heterocycles. The van der Waals surface area contributed by atoms with Gasteiger partial charge in [-0.25, -0.2) is 4.39 Å². The van der Waals surface area contributed by atoms with Crippen LogP contribution in [0.25, 0.3) is 0 Å². The van der Waals surface area contributed by atoms with Crippen LogP contribution in [0.1, 0.15) is 55.6 Å². The van der Waals surface area contributed by atoms with E-state index in [1.54, 1.807) is 41.4 Å². The zero-order valence-electron chi connectivity index (χ0n) is 19.3. The summed E-state index contributed by atoms with van der Waals surface area (Å²) in [6.45, 7) is 7.82. The first-order chi connectivity index (χ1) is 15.7. The molecular formula is C26H28FN3O3. The van der Waals surface area contributed by atoms with Crippen molar-refractivity contribution in [3.63, 3.8) is 0 Å². The number of fused-ring (bicyclic) bond motifs is 1. The average molecular weight is 450 g/mol. The van der Waals surface area contributed by atoms with Crippen LogP contribution in [0.15, 0.2) is 54.9 Å². The Morgan fingerprint density at radius 1 is 1.21 bits per heavy atom. The minimum absolute atomic E-state index is 0.0241. The van der Waals surface area contributed by atoms with Crippen molar-refractivity contribution in [2.24, 2.45) is 0 Å². The Bertz CT molecular complexity index is 1200. The highest BCUT2D eigenvalue weighted by molar-refractivity contribution is 6.13. The molecule has 3 aromatic rings. The van der Waals surface area contributed by atoms with Crippen LogP contribution in [0.5, 0.6) is 5.75 Å². The fourth-order valence-electron chi connectivity index (χ4n) is 4.16. The molecule has 0 spiro atoms. The van der Waals surface area contributed by atoms with Crippen LogP contribution in [-0.4, -0.2) is 27.8 Å². The molecule has 1 unspecified atom stereocenters. The van der Waals surface area contributed by atoms with E-state index in [0.29, 0.717) is 29.8 Å². The van der Waals surface area contributed by atoms with E-state index in [2.05, 4.69) is 5.10 Å². The lowest BCUT2D eigenvalue weighted by Gasteiger charge is -2.21. The van der Waals surface area contributed by atoms with E-state index in [9.17, 15) is 14.0 Å². The number of ketones is 1. The second-order valence-corrected chi connectivity index (χ2v) is 8.78. The molecule has 0 radical (unpaired) electrons. The summed E-state index contributed by atoms with van der Waals surface area (Å²) in [5.74, 6) is 0.260. The number of rotatable bonds is 8. The first-order valence-electron chi connectivity index (χ1n) is 11.1. The number of amides is 1. The average Bonchev–Trinajstić information content (AvgIpc) is 3.32. The van der Waals surface area contributed by atoms with Crippen molar-refractivity contribution in [2.75, 3.05) is 4.90 Å². The Kier molecular flexibility index (Phi) is 6.06. The number of ether oxygens (including phenoxy) is 1. The molecule has 0 saturated carbocycles. The fourth-order valence-corrected chi connectivity index (χ4v) is 4.16. The minimum Gasteiger partial charge on any atom is -0.461 e. The summed E-state index contributed by atoms with van der Waals surface area (Å²) in [7, 11) is 0. The van der Waals surface area contributed by atoms with Gasteiger partial charge in [-0.2, -0.15) is 5.10 Å². The smallest absolute Gasteiger partial charge is 0.241 e. The van der Waals surface area contributed by atoms with Gasteiger partial charge in [-0.3, -0.25) is 19.2 Å². The van der Waals surface area contributed by atoms with Crippen LogP contribution >= 0.6 is 0 Å². The lowest BCUT2D eigenvalue weighted by molar-refractivity contribution is -0.121. The van der Waals surface area contributed by atoms with Gasteiger partial charge in [0.2, 0.25) is 12.3 Å². The molecule has 1 atom stereocenters. The van der Waals surface area contributed by atoms with Crippen molar-refractivity contribution >= 4 is 23.1 Å². The number of carbonyl (C=O) groups is 2. The molecule has 2 heterocycles. The molecule has 4 rings (SSSR count). The van der Waals surface area contributed by atoms with Crippen LogP contribution in [0.3, 0.4) is 0 Å². The van der Waals surface area contributed by atoms with Crippen molar-refractivity contribution in [1.29, 1.82) is 0 Å². The van der Waals surface area contributed by atoms with Crippen LogP contribution in [0.4, 0.5) is 15.8 Å². The van der Waals surface area contributed by atoms with Crippen LogP contribution < -0.4 is 9.64 Å². The number of alkyl halides is 1. The molecule has 1 amide bonds. The van der Waals surface area contributed by atoms with E-state index >= 15 is 0 Å². The van der Waals surface area contributed by atoms with E-state index in [4.69, 9.17) is 4.74 Å². The van der Waals surface area contributed by atoms with E-state index in [0.717, 1.165) is 23.4 Å². The first-order valence-corrected chi connectivity index (χ1v) is 11.1. The number of aromatic nitrogens is 2. The number of hydrogen-bond donors (Lipinski definition) is 0. The molecule has 7 heteroatoms. The minimum atomic E-state index is -1.46. The third-order valence-electron chi connectivity index (χ3n) is 6.00. The maximum absolute atomic E-state index is 13.4. The van der Waals surface area contributed by atoms with Crippen LogP contribution in [0.2, 0.25) is 0 Å². The van der Waals surface area contributed by atoms with Gasteiger partial charge in [-0.05, 0) is 68.7 Å². The van der Waals surface area contributed by atoms with E-state index in [1.165, 1.54) is 6.92 Å². The molecule has 2 aromatic carbocycles. The highest BCUT2D eigenvalue weighted by Crippen LogP contribution is 2.46. The summed E-state index contributed by atoms with van der Waals surface area (Å²) in [5, 5.41) is 4.25. The van der Waals surface area contributed by atoms with Crippen LogP contribution in [0, 0.1) is 0 Å². The molecule has 1 aromatic heterocycles. The first kappa shape index (κ1) is 22.7. The fraction of sp³-hybridized carbons (Fsp3) is 0.346. The summed E-state index contributed by atoms with van der Waals surface area (Å²) in [6, 6.07) is 12.2. The summed E-state index contributed by atoms with van der Waals surface area (Å²) < 4.78 is 20.3. The predicted octanol–water partition coefficient (Wildman–Crippen LogP) is 5.37. The van der Waals surface area contributed by atoms with Gasteiger partial charge >= 0.3 is 0 Å². The normalized spacial score (nSPS) is 15.4. The van der Waals surface area contributed by atoms with Gasteiger partial charge in [0.25, 0.3) is 0 Å². The molecule has 6 nitrogen and oxygen atoms in total. The Labute approximate surface area is 193 Å². The van der Waals surface area contributed by atoms with Gasteiger partial charge in [-0.1, -0.05) is 6.07 Å². The number of hydrogen-bond acceptors (Lipinski definition) is 4. The Balaban J connectivity index is 1.60. The number of nitrogens with zero attached hydrogens (tertiary/aromatic N) is 3.